The van der Waals surface area contributed by atoms with Crippen molar-refractivity contribution in [2.24, 2.45) is 11.8 Å². The van der Waals surface area contributed by atoms with Crippen LogP contribution in [-0.4, -0.2) is 40.0 Å². The smallest absolute Gasteiger partial charge is 0.240 e. The van der Waals surface area contributed by atoms with Gasteiger partial charge >= 0.3 is 0 Å². The van der Waals surface area contributed by atoms with E-state index in [1.165, 1.54) is 11.6 Å². The first-order valence-corrected chi connectivity index (χ1v) is 10.7. The van der Waals surface area contributed by atoms with Crippen LogP contribution in [0.2, 0.25) is 0 Å². The molecule has 1 aliphatic heterocycles. The highest BCUT2D eigenvalue weighted by molar-refractivity contribution is 5.86. The summed E-state index contributed by atoms with van der Waals surface area (Å²) in [4.78, 5) is 19.6. The van der Waals surface area contributed by atoms with E-state index in [2.05, 4.69) is 21.3 Å². The monoisotopic (exact) mass is 397 g/mol. The lowest BCUT2D eigenvalue weighted by Crippen LogP contribution is -2.58. The van der Waals surface area contributed by atoms with E-state index < -0.39 is 5.54 Å². The quantitative estimate of drug-likeness (QED) is 0.830. The number of aromatic nitrogens is 1. The van der Waals surface area contributed by atoms with Gasteiger partial charge < -0.3 is 5.32 Å². The summed E-state index contributed by atoms with van der Waals surface area (Å²) in [5.74, 6) is 1.49. The fourth-order valence-corrected chi connectivity index (χ4v) is 5.14. The average Bonchev–Trinajstić information content (AvgIpc) is 3.19. The summed E-state index contributed by atoms with van der Waals surface area (Å²) in [5.41, 5.74) is 1.34. The number of carbonyl (C=O) groups excluding carboxylic acids is 1. The molecule has 1 aliphatic carbocycles. The van der Waals surface area contributed by atoms with E-state index in [0.29, 0.717) is 17.8 Å². The molecule has 4 rings (SSSR count). The fourth-order valence-electron chi connectivity index (χ4n) is 5.14. The van der Waals surface area contributed by atoms with Gasteiger partial charge in [0.1, 0.15) is 5.82 Å². The summed E-state index contributed by atoms with van der Waals surface area (Å²) in [6.45, 7) is 12.0. The number of hydrogen-bond donors (Lipinski definition) is 1. The summed E-state index contributed by atoms with van der Waals surface area (Å²) in [6.07, 6.45) is 4.03. The van der Waals surface area contributed by atoms with E-state index >= 15 is 0 Å². The molecule has 4 nitrogen and oxygen atoms in total. The third-order valence-electron chi connectivity index (χ3n) is 6.76. The molecule has 3 atom stereocenters. The molecule has 2 fully saturated rings. The maximum absolute atomic E-state index is 13.8. The molecule has 1 N–H and O–H groups in total. The molecule has 29 heavy (non-hydrogen) atoms. The van der Waals surface area contributed by atoms with E-state index in [9.17, 15) is 9.18 Å². The van der Waals surface area contributed by atoms with Gasteiger partial charge in [0.2, 0.25) is 5.91 Å². The number of pyridine rings is 1. The molecule has 156 valence electrons. The molecule has 2 aromatic rings. The molecule has 2 heterocycles. The Morgan fingerprint density at radius 1 is 1.10 bits per heavy atom. The van der Waals surface area contributed by atoms with Crippen LogP contribution in [0.15, 0.2) is 30.5 Å². The first kappa shape index (κ1) is 20.3. The van der Waals surface area contributed by atoms with Crippen molar-refractivity contribution < 1.29 is 9.18 Å². The van der Waals surface area contributed by atoms with Gasteiger partial charge in [-0.3, -0.25) is 14.7 Å². The Balaban J connectivity index is 1.48. The van der Waals surface area contributed by atoms with Crippen molar-refractivity contribution in [1.29, 1.82) is 0 Å². The molecule has 1 saturated heterocycles. The van der Waals surface area contributed by atoms with Crippen LogP contribution in [0.4, 0.5) is 4.39 Å². The fraction of sp³-hybridized carbons (Fsp3) is 0.583. The van der Waals surface area contributed by atoms with Crippen LogP contribution in [0, 0.1) is 17.7 Å². The Kier molecular flexibility index (Phi) is 4.93. The third-order valence-corrected chi connectivity index (χ3v) is 6.76. The van der Waals surface area contributed by atoms with Crippen LogP contribution in [0.3, 0.4) is 0 Å². The second-order valence-electron chi connectivity index (χ2n) is 10.4. The molecule has 2 aliphatic rings. The third kappa shape index (κ3) is 3.89. The van der Waals surface area contributed by atoms with Gasteiger partial charge in [-0.05, 0) is 95.0 Å². The van der Waals surface area contributed by atoms with Crippen molar-refractivity contribution in [1.82, 2.24) is 15.2 Å². The zero-order chi connectivity index (χ0) is 21.0. The highest BCUT2D eigenvalue weighted by atomic mass is 19.1. The van der Waals surface area contributed by atoms with E-state index in [1.807, 2.05) is 40.8 Å². The summed E-state index contributed by atoms with van der Waals surface area (Å²) in [7, 11) is 0. The lowest BCUT2D eigenvalue weighted by atomic mass is 9.92. The van der Waals surface area contributed by atoms with Crippen molar-refractivity contribution in [3.8, 4) is 0 Å². The van der Waals surface area contributed by atoms with E-state index in [1.54, 1.807) is 12.1 Å². The van der Waals surface area contributed by atoms with Gasteiger partial charge in [-0.25, -0.2) is 4.39 Å². The predicted molar refractivity (Wildman–Crippen MR) is 114 cm³/mol. The van der Waals surface area contributed by atoms with Gasteiger partial charge in [-0.15, -0.1) is 0 Å². The lowest BCUT2D eigenvalue weighted by Gasteiger charge is -2.37. The van der Waals surface area contributed by atoms with Crippen LogP contribution in [-0.2, 0) is 4.79 Å². The van der Waals surface area contributed by atoms with Crippen molar-refractivity contribution in [2.75, 3.05) is 13.1 Å². The van der Waals surface area contributed by atoms with E-state index in [0.717, 1.165) is 36.8 Å². The van der Waals surface area contributed by atoms with Crippen molar-refractivity contribution >= 4 is 16.8 Å². The van der Waals surface area contributed by atoms with Gasteiger partial charge in [-0.2, -0.15) is 0 Å². The molecule has 1 saturated carbocycles. The maximum Gasteiger partial charge on any atom is 0.240 e. The van der Waals surface area contributed by atoms with Gasteiger partial charge in [0, 0.05) is 30.2 Å². The molecule has 0 bridgehead atoms. The number of hydrogen-bond acceptors (Lipinski definition) is 3. The predicted octanol–water partition coefficient (Wildman–Crippen LogP) is 4.49. The zero-order valence-corrected chi connectivity index (χ0v) is 18.1. The first-order chi connectivity index (χ1) is 13.5. The van der Waals surface area contributed by atoms with Crippen LogP contribution >= 0.6 is 0 Å². The first-order valence-electron chi connectivity index (χ1n) is 10.7. The molecular formula is C24H32FN3O. The van der Waals surface area contributed by atoms with Gasteiger partial charge in [-0.1, -0.05) is 0 Å². The molecule has 0 radical (unpaired) electrons. The number of fused-ring (bicyclic) bond motifs is 2. The van der Waals surface area contributed by atoms with Crippen molar-refractivity contribution in [3.63, 3.8) is 0 Å². The van der Waals surface area contributed by atoms with E-state index in [-0.39, 0.29) is 17.3 Å². The van der Waals surface area contributed by atoms with E-state index in [4.69, 9.17) is 0 Å². The summed E-state index contributed by atoms with van der Waals surface area (Å²) in [6, 6.07) is 6.93. The highest BCUT2D eigenvalue weighted by Crippen LogP contribution is 2.48. The summed E-state index contributed by atoms with van der Waals surface area (Å²) in [5, 5.41) is 4.08. The normalized spacial score (nSPS) is 25.4. The Labute approximate surface area is 172 Å². The maximum atomic E-state index is 13.8. The Bertz CT molecular complexity index is 919. The van der Waals surface area contributed by atoms with Crippen molar-refractivity contribution in [3.05, 3.63) is 41.8 Å². The zero-order valence-electron chi connectivity index (χ0n) is 18.1. The number of nitrogens with one attached hydrogen (secondary N) is 1. The molecule has 0 spiro atoms. The molecule has 1 aromatic heterocycles. The number of likely N-dealkylation sites (tertiary alicyclic amines) is 1. The number of amides is 1. The number of carbonyl (C=O) groups is 1. The molecule has 0 unspecified atom stereocenters. The minimum Gasteiger partial charge on any atom is -0.350 e. The number of nitrogens with zero attached hydrogens (tertiary/aromatic N) is 2. The summed E-state index contributed by atoms with van der Waals surface area (Å²) >= 11 is 0. The molecule has 1 amide bonds. The second-order valence-corrected chi connectivity index (χ2v) is 10.4. The van der Waals surface area contributed by atoms with Crippen LogP contribution in [0.5, 0.6) is 0 Å². The Hall–Kier alpha value is -2.01. The van der Waals surface area contributed by atoms with Crippen LogP contribution in [0.1, 0.15) is 58.9 Å². The topological polar surface area (TPSA) is 45.2 Å². The standard InChI is InChI=1S/C24H32FN3O/c1-23(2,3)27-22(29)24(4,5)28-13-16-10-15(11-17(16)14-28)19-8-9-26-21-7-6-18(25)12-20(19)21/h6-9,12,15-17H,10-11,13-14H2,1-5H3,(H,27,29)/t15-,16-,17+. The lowest BCUT2D eigenvalue weighted by molar-refractivity contribution is -0.132. The van der Waals surface area contributed by atoms with Gasteiger partial charge in [0.05, 0.1) is 11.1 Å². The van der Waals surface area contributed by atoms with Crippen LogP contribution < -0.4 is 5.32 Å². The second kappa shape index (κ2) is 7.05. The Morgan fingerprint density at radius 2 is 1.76 bits per heavy atom. The average molecular weight is 398 g/mol. The summed E-state index contributed by atoms with van der Waals surface area (Å²) < 4.78 is 13.8. The van der Waals surface area contributed by atoms with Gasteiger partial charge in [0.15, 0.2) is 0 Å². The van der Waals surface area contributed by atoms with Gasteiger partial charge in [0.25, 0.3) is 0 Å². The molecule has 5 heteroatoms. The number of benzene rings is 1. The number of rotatable bonds is 3. The largest absolute Gasteiger partial charge is 0.350 e. The van der Waals surface area contributed by atoms with Crippen LogP contribution in [0.25, 0.3) is 10.9 Å². The minimum absolute atomic E-state index is 0.0946. The minimum atomic E-state index is -0.514. The molecular weight excluding hydrogens is 365 g/mol. The molecule has 1 aromatic carbocycles. The number of halogens is 1. The Morgan fingerprint density at radius 3 is 2.38 bits per heavy atom. The van der Waals surface area contributed by atoms with Crippen molar-refractivity contribution in [2.45, 2.75) is 64.5 Å². The highest BCUT2D eigenvalue weighted by Gasteiger charge is 2.47. The SMILES string of the molecule is CC(C)(C)NC(=O)C(C)(C)N1C[C@H]2C[C@@H](c3ccnc4ccc(F)cc34)C[C@H]2C1.